The van der Waals surface area contributed by atoms with Crippen LogP contribution in [0.15, 0.2) is 30.9 Å². The van der Waals surface area contributed by atoms with Crippen LogP contribution in [0.25, 0.3) is 0 Å². The predicted octanol–water partition coefficient (Wildman–Crippen LogP) is 3.83. The van der Waals surface area contributed by atoms with E-state index in [0.717, 1.165) is 6.07 Å². The third-order valence-corrected chi connectivity index (χ3v) is 2.28. The van der Waals surface area contributed by atoms with Crippen molar-refractivity contribution in [2.75, 3.05) is 0 Å². The van der Waals surface area contributed by atoms with E-state index >= 15 is 0 Å². The van der Waals surface area contributed by atoms with Gasteiger partial charge in [-0.1, -0.05) is 40.9 Å². The number of alkyl halides is 3. The van der Waals surface area contributed by atoms with Crippen LogP contribution >= 0.6 is 34.8 Å². The maximum Gasteiger partial charge on any atom is 0.363 e. The van der Waals surface area contributed by atoms with Gasteiger partial charge in [0.1, 0.15) is 11.6 Å². The average Bonchev–Trinajstić information content (AvgIpc) is 2.21. The molecular formula is C11H8Cl3FO2. The lowest BCUT2D eigenvalue weighted by Gasteiger charge is -2.12. The number of carbonyl (C=O) groups is 1. The molecule has 0 amide bonds. The summed E-state index contributed by atoms with van der Waals surface area (Å²) in [4.78, 5) is 11.3. The second kappa shape index (κ2) is 5.71. The summed E-state index contributed by atoms with van der Waals surface area (Å²) in [5, 5.41) is 0. The Hall–Kier alpha value is -0.770. The zero-order valence-corrected chi connectivity index (χ0v) is 10.8. The maximum absolute atomic E-state index is 13.0. The quantitative estimate of drug-likeness (QED) is 0.367. The Kier molecular flexibility index (Phi) is 4.80. The summed E-state index contributed by atoms with van der Waals surface area (Å²) >= 11 is 16.1. The van der Waals surface area contributed by atoms with Gasteiger partial charge in [-0.05, 0) is 24.6 Å². The van der Waals surface area contributed by atoms with Gasteiger partial charge >= 0.3 is 5.97 Å². The molecule has 6 heteroatoms. The molecule has 1 rings (SSSR count). The Balaban J connectivity index is 2.98. The Labute approximate surface area is 113 Å². The van der Waals surface area contributed by atoms with Gasteiger partial charge < -0.3 is 4.74 Å². The monoisotopic (exact) mass is 296 g/mol. The van der Waals surface area contributed by atoms with Crippen molar-refractivity contribution in [2.24, 2.45) is 0 Å². The van der Waals surface area contributed by atoms with Crippen molar-refractivity contribution in [3.63, 3.8) is 0 Å². The SMILES string of the molecule is C=CCc1cc(F)ccc1OC(=O)C(Cl)(Cl)Cl. The molecule has 1 aromatic carbocycles. The summed E-state index contributed by atoms with van der Waals surface area (Å²) in [6.45, 7) is 3.51. The number of hydrogen-bond acceptors (Lipinski definition) is 2. The van der Waals surface area contributed by atoms with Gasteiger partial charge in [0.25, 0.3) is 3.79 Å². The van der Waals surface area contributed by atoms with Crippen LogP contribution in [0.1, 0.15) is 5.56 Å². The third kappa shape index (κ3) is 4.19. The van der Waals surface area contributed by atoms with Crippen LogP contribution in [0.4, 0.5) is 4.39 Å². The molecule has 0 aliphatic rings. The fourth-order valence-corrected chi connectivity index (χ4v) is 1.24. The van der Waals surface area contributed by atoms with Crippen molar-refractivity contribution in [1.82, 2.24) is 0 Å². The number of benzene rings is 1. The highest BCUT2D eigenvalue weighted by atomic mass is 35.6. The first-order valence-electron chi connectivity index (χ1n) is 4.53. The zero-order chi connectivity index (χ0) is 13.1. The maximum atomic E-state index is 13.0. The standard InChI is InChI=1S/C11H8Cl3FO2/c1-2-3-7-6-8(15)4-5-9(7)17-10(16)11(12,13)14/h2,4-6H,1,3H2. The van der Waals surface area contributed by atoms with E-state index in [0.29, 0.717) is 12.0 Å². The largest absolute Gasteiger partial charge is 0.423 e. The van der Waals surface area contributed by atoms with Crippen molar-refractivity contribution in [3.8, 4) is 5.75 Å². The molecule has 0 unspecified atom stereocenters. The number of rotatable bonds is 3. The van der Waals surface area contributed by atoms with Crippen LogP contribution in [0.3, 0.4) is 0 Å². The van der Waals surface area contributed by atoms with Crippen molar-refractivity contribution in [2.45, 2.75) is 10.2 Å². The molecule has 0 N–H and O–H groups in total. The van der Waals surface area contributed by atoms with Gasteiger partial charge in [0.15, 0.2) is 0 Å². The highest BCUT2D eigenvalue weighted by Crippen LogP contribution is 2.30. The zero-order valence-electron chi connectivity index (χ0n) is 8.55. The smallest absolute Gasteiger partial charge is 0.363 e. The molecular weight excluding hydrogens is 289 g/mol. The fourth-order valence-electron chi connectivity index (χ4n) is 1.12. The van der Waals surface area contributed by atoms with Crippen LogP contribution in [0.5, 0.6) is 5.75 Å². The van der Waals surface area contributed by atoms with Crippen LogP contribution in [-0.4, -0.2) is 9.76 Å². The molecule has 0 radical (unpaired) electrons. The molecule has 0 atom stereocenters. The number of hydrogen-bond donors (Lipinski definition) is 0. The van der Waals surface area contributed by atoms with Crippen LogP contribution in [0.2, 0.25) is 0 Å². The van der Waals surface area contributed by atoms with Crippen LogP contribution in [0, 0.1) is 5.82 Å². The molecule has 0 aliphatic carbocycles. The minimum absolute atomic E-state index is 0.141. The fraction of sp³-hybridized carbons (Fsp3) is 0.182. The lowest BCUT2D eigenvalue weighted by molar-refractivity contribution is -0.133. The van der Waals surface area contributed by atoms with Gasteiger partial charge in [0, 0.05) is 5.56 Å². The van der Waals surface area contributed by atoms with Crippen molar-refractivity contribution < 1.29 is 13.9 Å². The summed E-state index contributed by atoms with van der Waals surface area (Å²) in [6.07, 6.45) is 1.88. The van der Waals surface area contributed by atoms with E-state index in [1.54, 1.807) is 6.08 Å². The van der Waals surface area contributed by atoms with E-state index in [1.165, 1.54) is 12.1 Å². The first-order valence-corrected chi connectivity index (χ1v) is 5.66. The van der Waals surface area contributed by atoms with Gasteiger partial charge in [-0.3, -0.25) is 0 Å². The van der Waals surface area contributed by atoms with Crippen LogP contribution in [-0.2, 0) is 11.2 Å². The summed E-state index contributed by atoms with van der Waals surface area (Å²) in [5.41, 5.74) is 0.447. The Bertz CT molecular complexity index is 441. The molecule has 0 aliphatic heterocycles. The summed E-state index contributed by atoms with van der Waals surface area (Å²) in [5.74, 6) is -1.35. The average molecular weight is 298 g/mol. The van der Waals surface area contributed by atoms with Gasteiger partial charge in [-0.25, -0.2) is 9.18 Å². The molecule has 1 aromatic rings. The van der Waals surface area contributed by atoms with Crippen LogP contribution < -0.4 is 4.74 Å². The number of halogens is 4. The molecule has 0 spiro atoms. The summed E-state index contributed by atoms with van der Waals surface area (Å²) in [7, 11) is 0. The molecule has 17 heavy (non-hydrogen) atoms. The molecule has 0 saturated heterocycles. The minimum Gasteiger partial charge on any atom is -0.423 e. The topological polar surface area (TPSA) is 26.3 Å². The second-order valence-electron chi connectivity index (χ2n) is 3.13. The Morgan fingerprint density at radius 2 is 2.12 bits per heavy atom. The lowest BCUT2D eigenvalue weighted by Crippen LogP contribution is -2.25. The Morgan fingerprint density at radius 1 is 1.47 bits per heavy atom. The predicted molar refractivity (Wildman–Crippen MR) is 66.2 cm³/mol. The van der Waals surface area contributed by atoms with Gasteiger partial charge in [0.2, 0.25) is 0 Å². The van der Waals surface area contributed by atoms with Crippen molar-refractivity contribution in [3.05, 3.63) is 42.2 Å². The lowest BCUT2D eigenvalue weighted by atomic mass is 10.1. The second-order valence-corrected chi connectivity index (χ2v) is 5.41. The van der Waals surface area contributed by atoms with Gasteiger partial charge in [-0.15, -0.1) is 6.58 Å². The molecule has 0 fully saturated rings. The normalized spacial score (nSPS) is 11.1. The van der Waals surface area contributed by atoms with E-state index in [2.05, 4.69) is 6.58 Å². The molecule has 0 saturated carbocycles. The van der Waals surface area contributed by atoms with Gasteiger partial charge in [-0.2, -0.15) is 0 Å². The number of allylic oxidation sites excluding steroid dienone is 1. The van der Waals surface area contributed by atoms with Crippen molar-refractivity contribution >= 4 is 40.8 Å². The number of esters is 1. The van der Waals surface area contributed by atoms with Crippen molar-refractivity contribution in [1.29, 1.82) is 0 Å². The van der Waals surface area contributed by atoms with E-state index in [4.69, 9.17) is 39.5 Å². The summed E-state index contributed by atoms with van der Waals surface area (Å²) in [6, 6.07) is 3.67. The van der Waals surface area contributed by atoms with E-state index in [9.17, 15) is 9.18 Å². The first-order chi connectivity index (χ1) is 7.84. The molecule has 0 heterocycles. The number of ether oxygens (including phenoxy) is 1. The third-order valence-electron chi connectivity index (χ3n) is 1.82. The molecule has 0 aromatic heterocycles. The number of carbonyl (C=O) groups excluding carboxylic acids is 1. The van der Waals surface area contributed by atoms with E-state index in [1.807, 2.05) is 0 Å². The highest BCUT2D eigenvalue weighted by molar-refractivity contribution is 6.75. The summed E-state index contributed by atoms with van der Waals surface area (Å²) < 4.78 is 15.7. The van der Waals surface area contributed by atoms with E-state index in [-0.39, 0.29) is 5.75 Å². The van der Waals surface area contributed by atoms with E-state index < -0.39 is 15.6 Å². The molecule has 0 bridgehead atoms. The van der Waals surface area contributed by atoms with Gasteiger partial charge in [0.05, 0.1) is 0 Å². The molecule has 92 valence electrons. The Morgan fingerprint density at radius 3 is 2.65 bits per heavy atom. The highest BCUT2D eigenvalue weighted by Gasteiger charge is 2.33. The molecule has 2 nitrogen and oxygen atoms in total. The first kappa shape index (κ1) is 14.3. The minimum atomic E-state index is -2.17.